The molecule has 0 spiro atoms. The lowest BCUT2D eigenvalue weighted by Crippen LogP contribution is -2.32. The molecule has 0 saturated heterocycles. The first kappa shape index (κ1) is 19.2. The van der Waals surface area contributed by atoms with E-state index in [4.69, 9.17) is 9.47 Å². The van der Waals surface area contributed by atoms with Crippen molar-refractivity contribution in [3.63, 3.8) is 0 Å². The van der Waals surface area contributed by atoms with E-state index < -0.39 is 17.6 Å². The lowest BCUT2D eigenvalue weighted by atomic mass is 10.0. The number of carbonyl (C=O) groups is 2. The van der Waals surface area contributed by atoms with E-state index >= 15 is 0 Å². The average Bonchev–Trinajstić information content (AvgIpc) is 2.93. The van der Waals surface area contributed by atoms with E-state index in [0.717, 1.165) is 4.90 Å². The van der Waals surface area contributed by atoms with Gasteiger partial charge in [-0.3, -0.25) is 14.5 Å². The molecule has 1 aliphatic rings. The van der Waals surface area contributed by atoms with Gasteiger partial charge in [-0.25, -0.2) is 4.39 Å². The molecule has 1 aliphatic heterocycles. The molecule has 0 fully saturated rings. The van der Waals surface area contributed by atoms with Crippen molar-refractivity contribution in [2.75, 3.05) is 26.1 Å². The summed E-state index contributed by atoms with van der Waals surface area (Å²) in [6.07, 6.45) is 1.47. The molecule has 28 heavy (non-hydrogen) atoms. The number of carbonyl (C=O) groups excluding carboxylic acids is 2. The maximum absolute atomic E-state index is 13.3. The summed E-state index contributed by atoms with van der Waals surface area (Å²) in [6.45, 7) is 3.65. The molecular weight excluding hydrogens is 363 g/mol. The predicted octanol–water partition coefficient (Wildman–Crippen LogP) is 3.22. The Morgan fingerprint density at radius 1 is 1.07 bits per heavy atom. The second-order valence-corrected chi connectivity index (χ2v) is 5.96. The fourth-order valence-electron chi connectivity index (χ4n) is 2.92. The molecule has 0 aliphatic carbocycles. The molecule has 0 unspecified atom stereocenters. The van der Waals surface area contributed by atoms with E-state index in [9.17, 15) is 14.0 Å². The van der Waals surface area contributed by atoms with Crippen molar-refractivity contribution < 1.29 is 23.5 Å². The first-order chi connectivity index (χ1) is 13.5. The minimum absolute atomic E-state index is 0.0583. The van der Waals surface area contributed by atoms with Gasteiger partial charge in [-0.2, -0.15) is 0 Å². The summed E-state index contributed by atoms with van der Waals surface area (Å²) in [5.41, 5.74) is 1.11. The number of anilines is 1. The molecule has 2 amide bonds. The molecule has 0 saturated carbocycles. The van der Waals surface area contributed by atoms with Crippen molar-refractivity contribution in [3.8, 4) is 11.5 Å². The number of hydrogen-bond donors (Lipinski definition) is 1. The van der Waals surface area contributed by atoms with Gasteiger partial charge in [-0.05, 0) is 29.8 Å². The quantitative estimate of drug-likeness (QED) is 0.588. The Balaban J connectivity index is 2.12. The molecule has 0 bridgehead atoms. The first-order valence-electron chi connectivity index (χ1n) is 8.46. The predicted molar refractivity (Wildman–Crippen MR) is 103 cm³/mol. The average molecular weight is 382 g/mol. The minimum Gasteiger partial charge on any atom is -0.497 e. The van der Waals surface area contributed by atoms with Crippen LogP contribution in [0.25, 0.3) is 5.57 Å². The zero-order valence-electron chi connectivity index (χ0n) is 15.5. The van der Waals surface area contributed by atoms with Gasteiger partial charge in [0.05, 0.1) is 25.5 Å². The first-order valence-corrected chi connectivity index (χ1v) is 8.46. The van der Waals surface area contributed by atoms with Crippen molar-refractivity contribution in [2.24, 2.45) is 0 Å². The van der Waals surface area contributed by atoms with Crippen LogP contribution in [0, 0.1) is 5.82 Å². The molecule has 0 atom stereocenters. The second kappa shape index (κ2) is 7.96. The Labute approximate surface area is 161 Å². The van der Waals surface area contributed by atoms with Gasteiger partial charge in [0.1, 0.15) is 23.0 Å². The maximum Gasteiger partial charge on any atom is 0.278 e. The van der Waals surface area contributed by atoms with Crippen LogP contribution in [-0.4, -0.2) is 37.5 Å². The van der Waals surface area contributed by atoms with Crippen LogP contribution in [0.4, 0.5) is 10.1 Å². The van der Waals surface area contributed by atoms with Crippen LogP contribution < -0.4 is 14.8 Å². The number of nitrogens with one attached hydrogen (secondary N) is 1. The van der Waals surface area contributed by atoms with Crippen LogP contribution >= 0.6 is 0 Å². The highest BCUT2D eigenvalue weighted by atomic mass is 19.1. The topological polar surface area (TPSA) is 67.9 Å². The number of rotatable bonds is 7. The van der Waals surface area contributed by atoms with Crippen LogP contribution in [0.1, 0.15) is 5.56 Å². The molecule has 144 valence electrons. The summed E-state index contributed by atoms with van der Waals surface area (Å²) in [5.74, 6) is -0.413. The van der Waals surface area contributed by atoms with E-state index in [1.807, 2.05) is 0 Å². The Morgan fingerprint density at radius 3 is 2.39 bits per heavy atom. The molecule has 6 nitrogen and oxygen atoms in total. The minimum atomic E-state index is -0.505. The largest absolute Gasteiger partial charge is 0.497 e. The van der Waals surface area contributed by atoms with Crippen molar-refractivity contribution in [3.05, 3.63) is 72.2 Å². The third-order valence-electron chi connectivity index (χ3n) is 4.28. The van der Waals surface area contributed by atoms with Crippen molar-refractivity contribution in [1.82, 2.24) is 4.90 Å². The summed E-state index contributed by atoms with van der Waals surface area (Å²) in [4.78, 5) is 26.9. The van der Waals surface area contributed by atoms with E-state index in [-0.39, 0.29) is 17.8 Å². The standard InChI is InChI=1S/C21H19FN2O4/c1-4-11-24-20(25)18(13-5-7-14(22)8-6-13)19(21(24)26)23-16-12-15(27-2)9-10-17(16)28-3/h4-10,12,23H,1,11H2,2-3H3. The van der Waals surface area contributed by atoms with Crippen LogP contribution in [0.15, 0.2) is 60.8 Å². The third kappa shape index (κ3) is 3.46. The fraction of sp³-hybridized carbons (Fsp3) is 0.143. The van der Waals surface area contributed by atoms with Gasteiger partial charge in [0, 0.05) is 12.6 Å². The van der Waals surface area contributed by atoms with Gasteiger partial charge in [-0.15, -0.1) is 6.58 Å². The van der Waals surface area contributed by atoms with Gasteiger partial charge >= 0.3 is 0 Å². The van der Waals surface area contributed by atoms with E-state index in [1.54, 1.807) is 18.2 Å². The Kier molecular flexibility index (Phi) is 5.44. The third-order valence-corrected chi connectivity index (χ3v) is 4.28. The van der Waals surface area contributed by atoms with Gasteiger partial charge in [-0.1, -0.05) is 18.2 Å². The molecule has 1 heterocycles. The Morgan fingerprint density at radius 2 is 1.79 bits per heavy atom. The summed E-state index contributed by atoms with van der Waals surface area (Å²) >= 11 is 0. The van der Waals surface area contributed by atoms with Gasteiger partial charge < -0.3 is 14.8 Å². The van der Waals surface area contributed by atoms with E-state index in [2.05, 4.69) is 11.9 Å². The van der Waals surface area contributed by atoms with Crippen molar-refractivity contribution >= 4 is 23.1 Å². The number of amides is 2. The summed E-state index contributed by atoms with van der Waals surface area (Å²) in [7, 11) is 3.01. The van der Waals surface area contributed by atoms with E-state index in [1.165, 1.54) is 44.6 Å². The summed E-state index contributed by atoms with van der Waals surface area (Å²) in [5, 5.41) is 3.00. The smallest absolute Gasteiger partial charge is 0.278 e. The molecule has 1 N–H and O–H groups in total. The van der Waals surface area contributed by atoms with Crippen molar-refractivity contribution in [1.29, 1.82) is 0 Å². The highest BCUT2D eigenvalue weighted by Gasteiger charge is 2.38. The number of ether oxygens (including phenoxy) is 2. The number of benzene rings is 2. The fourth-order valence-corrected chi connectivity index (χ4v) is 2.92. The van der Waals surface area contributed by atoms with Crippen LogP contribution in [-0.2, 0) is 9.59 Å². The molecule has 2 aromatic rings. The monoisotopic (exact) mass is 382 g/mol. The van der Waals surface area contributed by atoms with Gasteiger partial charge in [0.25, 0.3) is 11.8 Å². The second-order valence-electron chi connectivity index (χ2n) is 5.96. The molecule has 0 aromatic heterocycles. The SMILES string of the molecule is C=CCN1C(=O)C(Nc2cc(OC)ccc2OC)=C(c2ccc(F)cc2)C1=O. The molecule has 0 radical (unpaired) electrons. The van der Waals surface area contributed by atoms with Crippen LogP contribution in [0.5, 0.6) is 11.5 Å². The van der Waals surface area contributed by atoms with Crippen molar-refractivity contribution in [2.45, 2.75) is 0 Å². The van der Waals surface area contributed by atoms with Crippen LogP contribution in [0.2, 0.25) is 0 Å². The highest BCUT2D eigenvalue weighted by Crippen LogP contribution is 2.35. The number of nitrogens with zero attached hydrogens (tertiary/aromatic N) is 1. The zero-order chi connectivity index (χ0) is 20.3. The van der Waals surface area contributed by atoms with Gasteiger partial charge in [0.2, 0.25) is 0 Å². The molecule has 7 heteroatoms. The lowest BCUT2D eigenvalue weighted by Gasteiger charge is -2.14. The van der Waals surface area contributed by atoms with Crippen LogP contribution in [0.3, 0.4) is 0 Å². The molecule has 3 rings (SSSR count). The Hall–Kier alpha value is -3.61. The molecular formula is C21H19FN2O4. The van der Waals surface area contributed by atoms with E-state index in [0.29, 0.717) is 22.7 Å². The lowest BCUT2D eigenvalue weighted by molar-refractivity contribution is -0.136. The van der Waals surface area contributed by atoms with Gasteiger partial charge in [0.15, 0.2) is 0 Å². The molecule has 2 aromatic carbocycles. The zero-order valence-corrected chi connectivity index (χ0v) is 15.5. The highest BCUT2D eigenvalue weighted by molar-refractivity contribution is 6.36. The number of hydrogen-bond acceptors (Lipinski definition) is 5. The number of imide groups is 1. The summed E-state index contributed by atoms with van der Waals surface area (Å²) < 4.78 is 23.9. The Bertz CT molecular complexity index is 967. The number of methoxy groups -OCH3 is 2. The maximum atomic E-state index is 13.3. The number of halogens is 1. The normalized spacial score (nSPS) is 13.8. The summed E-state index contributed by atoms with van der Waals surface area (Å²) in [6, 6.07) is 10.4.